The van der Waals surface area contributed by atoms with Crippen molar-refractivity contribution in [1.29, 1.82) is 0 Å². The van der Waals surface area contributed by atoms with E-state index in [1.807, 2.05) is 20.8 Å². The average Bonchev–Trinajstić information content (AvgIpc) is 2.61. The molecule has 0 unspecified atom stereocenters. The Morgan fingerprint density at radius 1 is 1.17 bits per heavy atom. The van der Waals surface area contributed by atoms with Crippen LogP contribution in [-0.4, -0.2) is 65.5 Å². The van der Waals surface area contributed by atoms with E-state index in [0.717, 1.165) is 18.2 Å². The smallest absolute Gasteiger partial charge is 0.249 e. The number of ether oxygens (including phenoxy) is 2. The number of carbonyl (C=O) groups is 3. The second-order valence-corrected chi connectivity index (χ2v) is 9.59. The highest BCUT2D eigenvalue weighted by Crippen LogP contribution is 2.34. The molecule has 1 saturated heterocycles. The summed E-state index contributed by atoms with van der Waals surface area (Å²) >= 11 is 1.11. The molecule has 1 aliphatic rings. The first-order valence-corrected chi connectivity index (χ1v) is 11.2. The molecule has 0 bridgehead atoms. The summed E-state index contributed by atoms with van der Waals surface area (Å²) in [5.74, 6) is -0.825. The fraction of sp³-hybridized carbons (Fsp3) is 0.850. The normalized spacial score (nSPS) is 21.2. The fourth-order valence-electron chi connectivity index (χ4n) is 2.84. The lowest BCUT2D eigenvalue weighted by Crippen LogP contribution is -2.56. The lowest BCUT2D eigenvalue weighted by Gasteiger charge is -2.44. The van der Waals surface area contributed by atoms with E-state index < -0.39 is 23.4 Å². The second-order valence-electron chi connectivity index (χ2n) is 8.43. The van der Waals surface area contributed by atoms with Crippen molar-refractivity contribution in [2.45, 2.75) is 78.3 Å². The average molecular weight is 433 g/mol. The number of rotatable bonds is 11. The molecule has 9 heteroatoms. The maximum absolute atomic E-state index is 12.5. The van der Waals surface area contributed by atoms with Crippen LogP contribution in [0.2, 0.25) is 0 Å². The highest BCUT2D eigenvalue weighted by molar-refractivity contribution is 8.13. The zero-order valence-electron chi connectivity index (χ0n) is 18.2. The van der Waals surface area contributed by atoms with E-state index in [9.17, 15) is 19.5 Å². The van der Waals surface area contributed by atoms with Crippen LogP contribution in [0.1, 0.15) is 60.3 Å². The van der Waals surface area contributed by atoms with E-state index in [-0.39, 0.29) is 36.3 Å². The predicted molar refractivity (Wildman–Crippen MR) is 112 cm³/mol. The summed E-state index contributed by atoms with van der Waals surface area (Å²) in [5.41, 5.74) is -0.462. The third kappa shape index (κ3) is 9.93. The van der Waals surface area contributed by atoms with Gasteiger partial charge in [0.15, 0.2) is 10.9 Å². The molecule has 1 fully saturated rings. The predicted octanol–water partition coefficient (Wildman–Crippen LogP) is 1.60. The monoisotopic (exact) mass is 432 g/mol. The molecule has 168 valence electrons. The maximum atomic E-state index is 12.5. The zero-order valence-corrected chi connectivity index (χ0v) is 19.0. The molecule has 1 rings (SSSR count). The number of carbonyl (C=O) groups excluding carboxylic acids is 3. The van der Waals surface area contributed by atoms with Gasteiger partial charge in [0.25, 0.3) is 0 Å². The molecule has 0 spiro atoms. The number of aliphatic hydroxyl groups is 1. The van der Waals surface area contributed by atoms with Gasteiger partial charge in [-0.05, 0) is 20.3 Å². The Hall–Kier alpha value is -1.16. The topological polar surface area (TPSA) is 114 Å². The third-order valence-corrected chi connectivity index (χ3v) is 5.40. The molecule has 0 saturated carbocycles. The largest absolute Gasteiger partial charge is 0.393 e. The Bertz CT molecular complexity index is 567. The van der Waals surface area contributed by atoms with E-state index in [4.69, 9.17) is 9.47 Å². The minimum Gasteiger partial charge on any atom is -0.393 e. The quantitative estimate of drug-likeness (QED) is 0.425. The molecule has 8 nitrogen and oxygen atoms in total. The van der Waals surface area contributed by atoms with Gasteiger partial charge in [-0.25, -0.2) is 0 Å². The minimum absolute atomic E-state index is 0.0746. The van der Waals surface area contributed by atoms with Crippen molar-refractivity contribution in [1.82, 2.24) is 10.6 Å². The van der Waals surface area contributed by atoms with Crippen molar-refractivity contribution in [3.63, 3.8) is 0 Å². The first kappa shape index (κ1) is 25.9. The number of thioether (sulfide) groups is 1. The van der Waals surface area contributed by atoms with Gasteiger partial charge in [0.1, 0.15) is 6.10 Å². The van der Waals surface area contributed by atoms with Gasteiger partial charge in [-0.1, -0.05) is 39.0 Å². The van der Waals surface area contributed by atoms with Crippen LogP contribution >= 0.6 is 11.8 Å². The molecule has 3 N–H and O–H groups in total. The van der Waals surface area contributed by atoms with Gasteiger partial charge in [-0.3, -0.25) is 14.4 Å². The van der Waals surface area contributed by atoms with Crippen LogP contribution in [0, 0.1) is 5.41 Å². The van der Waals surface area contributed by atoms with Crippen LogP contribution in [0.3, 0.4) is 0 Å². The summed E-state index contributed by atoms with van der Waals surface area (Å²) in [5, 5.41) is 15.0. The SMILES string of the molecule is CCC[C@@H](O)CC(=O)SCCNC(=O)CCNC(=O)[C@@H]1OC(C)(C)OCC1(C)C. The van der Waals surface area contributed by atoms with Gasteiger partial charge >= 0.3 is 0 Å². The summed E-state index contributed by atoms with van der Waals surface area (Å²) in [7, 11) is 0. The summed E-state index contributed by atoms with van der Waals surface area (Å²) in [6, 6.07) is 0. The van der Waals surface area contributed by atoms with E-state index >= 15 is 0 Å². The first-order valence-electron chi connectivity index (χ1n) is 10.2. The van der Waals surface area contributed by atoms with Gasteiger partial charge in [-0.15, -0.1) is 0 Å². The third-order valence-electron chi connectivity index (χ3n) is 4.50. The van der Waals surface area contributed by atoms with Gasteiger partial charge in [0, 0.05) is 37.1 Å². The minimum atomic E-state index is -0.823. The van der Waals surface area contributed by atoms with Gasteiger partial charge in [0.2, 0.25) is 11.8 Å². The highest BCUT2D eigenvalue weighted by atomic mass is 32.2. The van der Waals surface area contributed by atoms with E-state index in [1.165, 1.54) is 0 Å². The molecule has 0 radical (unpaired) electrons. The maximum Gasteiger partial charge on any atom is 0.249 e. The van der Waals surface area contributed by atoms with Crippen LogP contribution in [0.15, 0.2) is 0 Å². The Balaban J connectivity index is 2.21. The zero-order chi connectivity index (χ0) is 22.1. The summed E-state index contributed by atoms with van der Waals surface area (Å²) < 4.78 is 11.4. The molecule has 1 heterocycles. The van der Waals surface area contributed by atoms with E-state index in [0.29, 0.717) is 25.3 Å². The molecule has 29 heavy (non-hydrogen) atoms. The Labute approximate surface area is 177 Å². The molecule has 0 aromatic carbocycles. The van der Waals surface area contributed by atoms with Crippen LogP contribution in [0.4, 0.5) is 0 Å². The summed E-state index contributed by atoms with van der Waals surface area (Å²) in [6.07, 6.45) is 0.490. The number of hydrogen-bond donors (Lipinski definition) is 3. The Morgan fingerprint density at radius 2 is 1.86 bits per heavy atom. The molecule has 2 atom stereocenters. The molecule has 0 aromatic rings. The molecular weight excluding hydrogens is 396 g/mol. The van der Waals surface area contributed by atoms with Gasteiger partial charge in [0.05, 0.1) is 12.7 Å². The van der Waals surface area contributed by atoms with Gasteiger partial charge in [-0.2, -0.15) is 0 Å². The van der Waals surface area contributed by atoms with Crippen molar-refractivity contribution in [3.8, 4) is 0 Å². The molecular formula is C20H36N2O6S. The van der Waals surface area contributed by atoms with Crippen LogP contribution in [0.25, 0.3) is 0 Å². The Kier molecular flexibility index (Phi) is 10.6. The van der Waals surface area contributed by atoms with Crippen molar-refractivity contribution < 1.29 is 29.0 Å². The fourth-order valence-corrected chi connectivity index (χ4v) is 3.59. The Morgan fingerprint density at radius 3 is 2.52 bits per heavy atom. The van der Waals surface area contributed by atoms with Crippen LogP contribution in [-0.2, 0) is 23.9 Å². The van der Waals surface area contributed by atoms with E-state index in [1.54, 1.807) is 13.8 Å². The number of nitrogens with one attached hydrogen (secondary N) is 2. The van der Waals surface area contributed by atoms with Crippen LogP contribution < -0.4 is 10.6 Å². The molecule has 0 aliphatic carbocycles. The van der Waals surface area contributed by atoms with Crippen molar-refractivity contribution in [2.24, 2.45) is 5.41 Å². The summed E-state index contributed by atoms with van der Waals surface area (Å²) in [6.45, 7) is 10.3. The lowest BCUT2D eigenvalue weighted by molar-refractivity contribution is -0.304. The second kappa shape index (κ2) is 11.9. The number of aliphatic hydroxyl groups excluding tert-OH is 1. The van der Waals surface area contributed by atoms with Crippen molar-refractivity contribution >= 4 is 28.7 Å². The molecule has 2 amide bonds. The van der Waals surface area contributed by atoms with Crippen LogP contribution in [0.5, 0.6) is 0 Å². The standard InChI is InChI=1S/C20H36N2O6S/c1-6-7-14(23)12-16(25)29-11-10-21-15(24)8-9-22-18(26)17-19(2,3)13-27-20(4,5)28-17/h14,17,23H,6-13H2,1-5H3,(H,21,24)(H,22,26)/t14-,17+/m1/s1. The first-order chi connectivity index (χ1) is 13.5. The van der Waals surface area contributed by atoms with Gasteiger partial charge < -0.3 is 25.2 Å². The molecule has 1 aliphatic heterocycles. The van der Waals surface area contributed by atoms with Crippen molar-refractivity contribution in [2.75, 3.05) is 25.4 Å². The van der Waals surface area contributed by atoms with E-state index in [2.05, 4.69) is 10.6 Å². The molecule has 0 aromatic heterocycles. The van der Waals surface area contributed by atoms with Crippen molar-refractivity contribution in [3.05, 3.63) is 0 Å². The highest BCUT2D eigenvalue weighted by Gasteiger charge is 2.45. The lowest BCUT2D eigenvalue weighted by atomic mass is 9.85. The number of amides is 2. The number of hydrogen-bond acceptors (Lipinski definition) is 7. The summed E-state index contributed by atoms with van der Waals surface area (Å²) in [4.78, 5) is 36.0.